The van der Waals surface area contributed by atoms with E-state index in [0.717, 1.165) is 21.3 Å². The molecule has 1 atom stereocenters. The van der Waals surface area contributed by atoms with Crippen LogP contribution >= 0.6 is 22.6 Å². The Hall–Kier alpha value is -1.56. The zero-order valence-corrected chi connectivity index (χ0v) is 14.3. The summed E-state index contributed by atoms with van der Waals surface area (Å²) in [5.74, 6) is 0.778. The Morgan fingerprint density at radius 1 is 1.19 bits per heavy atom. The SMILES string of the molecule is CC[C@@H](NC(=O)c1ccccc1I)c1ccc(OC)cc1. The molecule has 4 heteroatoms. The molecule has 0 saturated carbocycles. The number of rotatable bonds is 5. The predicted octanol–water partition coefficient (Wildman–Crippen LogP) is 4.18. The largest absolute Gasteiger partial charge is 0.497 e. The fourth-order valence-electron chi connectivity index (χ4n) is 2.14. The molecule has 0 bridgehead atoms. The predicted molar refractivity (Wildman–Crippen MR) is 92.7 cm³/mol. The number of benzene rings is 2. The maximum absolute atomic E-state index is 12.4. The third kappa shape index (κ3) is 3.97. The van der Waals surface area contributed by atoms with Gasteiger partial charge in [-0.2, -0.15) is 0 Å². The molecule has 3 nitrogen and oxygen atoms in total. The normalized spacial score (nSPS) is 11.8. The highest BCUT2D eigenvalue weighted by Crippen LogP contribution is 2.21. The summed E-state index contributed by atoms with van der Waals surface area (Å²) in [6.07, 6.45) is 0.835. The summed E-state index contributed by atoms with van der Waals surface area (Å²) in [5.41, 5.74) is 1.79. The first-order valence-electron chi connectivity index (χ1n) is 6.85. The average molecular weight is 395 g/mol. The minimum Gasteiger partial charge on any atom is -0.497 e. The molecule has 2 aromatic rings. The number of hydrogen-bond acceptors (Lipinski definition) is 2. The lowest BCUT2D eigenvalue weighted by atomic mass is 10.0. The van der Waals surface area contributed by atoms with Gasteiger partial charge in [0.15, 0.2) is 0 Å². The summed E-state index contributed by atoms with van der Waals surface area (Å²) in [4.78, 5) is 12.4. The van der Waals surface area contributed by atoms with E-state index in [1.54, 1.807) is 7.11 Å². The molecular formula is C17H18INO2. The molecule has 0 aromatic heterocycles. The third-order valence-corrected chi connectivity index (χ3v) is 4.29. The zero-order valence-electron chi connectivity index (χ0n) is 12.1. The van der Waals surface area contributed by atoms with Crippen LogP contribution in [0.2, 0.25) is 0 Å². The van der Waals surface area contributed by atoms with Crippen LogP contribution in [0.15, 0.2) is 48.5 Å². The smallest absolute Gasteiger partial charge is 0.252 e. The standard InChI is InChI=1S/C17H18INO2/c1-3-16(12-8-10-13(21-2)11-9-12)19-17(20)14-6-4-5-7-15(14)18/h4-11,16H,3H2,1-2H3,(H,19,20)/t16-/m1/s1. The van der Waals surface area contributed by atoms with E-state index >= 15 is 0 Å². The lowest BCUT2D eigenvalue weighted by Gasteiger charge is -2.18. The Kier molecular flexibility index (Phi) is 5.61. The molecule has 2 aromatic carbocycles. The van der Waals surface area contributed by atoms with Gasteiger partial charge in [0.25, 0.3) is 5.91 Å². The molecule has 110 valence electrons. The van der Waals surface area contributed by atoms with Crippen molar-refractivity contribution >= 4 is 28.5 Å². The van der Waals surface area contributed by atoms with Crippen LogP contribution in [0.25, 0.3) is 0 Å². The highest BCUT2D eigenvalue weighted by Gasteiger charge is 2.15. The quantitative estimate of drug-likeness (QED) is 0.772. The third-order valence-electron chi connectivity index (χ3n) is 3.35. The number of halogens is 1. The number of carbonyl (C=O) groups is 1. The lowest BCUT2D eigenvalue weighted by Crippen LogP contribution is -2.28. The van der Waals surface area contributed by atoms with Gasteiger partial charge >= 0.3 is 0 Å². The second-order valence-electron chi connectivity index (χ2n) is 4.69. The van der Waals surface area contributed by atoms with E-state index in [1.165, 1.54) is 0 Å². The molecule has 0 spiro atoms. The van der Waals surface area contributed by atoms with Crippen LogP contribution in [0.5, 0.6) is 5.75 Å². The van der Waals surface area contributed by atoms with E-state index in [2.05, 4.69) is 34.8 Å². The van der Waals surface area contributed by atoms with Crippen LogP contribution in [0.1, 0.15) is 35.3 Å². The van der Waals surface area contributed by atoms with Gasteiger partial charge in [0.05, 0.1) is 18.7 Å². The van der Waals surface area contributed by atoms with Gasteiger partial charge in [-0.15, -0.1) is 0 Å². The Morgan fingerprint density at radius 2 is 1.86 bits per heavy atom. The molecule has 0 saturated heterocycles. The van der Waals surface area contributed by atoms with Gasteiger partial charge in [0.1, 0.15) is 5.75 Å². The molecule has 0 aliphatic carbocycles. The first-order chi connectivity index (χ1) is 10.2. The molecule has 0 heterocycles. The van der Waals surface area contributed by atoms with Crippen molar-refractivity contribution in [3.8, 4) is 5.75 Å². The van der Waals surface area contributed by atoms with Crippen LogP contribution in [-0.2, 0) is 0 Å². The minimum absolute atomic E-state index is 0.000544. The van der Waals surface area contributed by atoms with Crippen molar-refractivity contribution < 1.29 is 9.53 Å². The van der Waals surface area contributed by atoms with Gasteiger partial charge in [-0.3, -0.25) is 4.79 Å². The molecule has 0 aliphatic heterocycles. The zero-order chi connectivity index (χ0) is 15.2. The Balaban J connectivity index is 2.15. The number of methoxy groups -OCH3 is 1. The van der Waals surface area contributed by atoms with Crippen molar-refractivity contribution in [1.29, 1.82) is 0 Å². The Morgan fingerprint density at radius 3 is 2.43 bits per heavy atom. The van der Waals surface area contributed by atoms with Crippen LogP contribution in [0, 0.1) is 3.57 Å². The van der Waals surface area contributed by atoms with Crippen molar-refractivity contribution in [2.45, 2.75) is 19.4 Å². The lowest BCUT2D eigenvalue weighted by molar-refractivity contribution is 0.0934. The van der Waals surface area contributed by atoms with Crippen LogP contribution in [0.4, 0.5) is 0 Å². The maximum atomic E-state index is 12.4. The van der Waals surface area contributed by atoms with Gasteiger partial charge in [-0.25, -0.2) is 0 Å². The minimum atomic E-state index is -0.0392. The fourth-order valence-corrected chi connectivity index (χ4v) is 2.77. The van der Waals surface area contributed by atoms with E-state index in [4.69, 9.17) is 4.74 Å². The van der Waals surface area contributed by atoms with E-state index in [-0.39, 0.29) is 11.9 Å². The summed E-state index contributed by atoms with van der Waals surface area (Å²) < 4.78 is 6.12. The van der Waals surface area contributed by atoms with E-state index in [1.807, 2.05) is 48.5 Å². The summed E-state index contributed by atoms with van der Waals surface area (Å²) >= 11 is 2.18. The van der Waals surface area contributed by atoms with Crippen molar-refractivity contribution in [2.75, 3.05) is 7.11 Å². The van der Waals surface area contributed by atoms with E-state index in [0.29, 0.717) is 5.56 Å². The van der Waals surface area contributed by atoms with Gasteiger partial charge in [-0.1, -0.05) is 31.2 Å². The first-order valence-corrected chi connectivity index (χ1v) is 7.93. The highest BCUT2D eigenvalue weighted by molar-refractivity contribution is 14.1. The molecule has 21 heavy (non-hydrogen) atoms. The number of amides is 1. The molecular weight excluding hydrogens is 377 g/mol. The Bertz CT molecular complexity index is 610. The molecule has 1 amide bonds. The number of hydrogen-bond donors (Lipinski definition) is 1. The first kappa shape index (κ1) is 15.8. The second-order valence-corrected chi connectivity index (χ2v) is 5.85. The fraction of sp³-hybridized carbons (Fsp3) is 0.235. The second kappa shape index (κ2) is 7.45. The summed E-state index contributed by atoms with van der Waals surface area (Å²) in [6, 6.07) is 15.4. The summed E-state index contributed by atoms with van der Waals surface area (Å²) in [7, 11) is 1.64. The number of carbonyl (C=O) groups excluding carboxylic acids is 1. The molecule has 2 rings (SSSR count). The van der Waals surface area contributed by atoms with Crippen molar-refractivity contribution in [3.05, 3.63) is 63.2 Å². The van der Waals surface area contributed by atoms with Crippen LogP contribution < -0.4 is 10.1 Å². The van der Waals surface area contributed by atoms with Crippen LogP contribution in [0.3, 0.4) is 0 Å². The van der Waals surface area contributed by atoms with E-state index in [9.17, 15) is 4.79 Å². The molecule has 0 radical (unpaired) electrons. The van der Waals surface area contributed by atoms with Crippen molar-refractivity contribution in [1.82, 2.24) is 5.32 Å². The van der Waals surface area contributed by atoms with E-state index < -0.39 is 0 Å². The van der Waals surface area contributed by atoms with Gasteiger partial charge in [0, 0.05) is 3.57 Å². The molecule has 0 unspecified atom stereocenters. The van der Waals surface area contributed by atoms with Crippen molar-refractivity contribution in [3.63, 3.8) is 0 Å². The van der Waals surface area contributed by atoms with Gasteiger partial charge in [0.2, 0.25) is 0 Å². The van der Waals surface area contributed by atoms with Crippen molar-refractivity contribution in [2.24, 2.45) is 0 Å². The average Bonchev–Trinajstić information content (AvgIpc) is 2.53. The maximum Gasteiger partial charge on any atom is 0.252 e. The number of ether oxygens (including phenoxy) is 1. The molecule has 1 N–H and O–H groups in total. The number of nitrogens with one attached hydrogen (secondary N) is 1. The highest BCUT2D eigenvalue weighted by atomic mass is 127. The molecule has 0 fully saturated rings. The summed E-state index contributed by atoms with van der Waals surface area (Å²) in [5, 5.41) is 3.09. The molecule has 0 aliphatic rings. The van der Waals surface area contributed by atoms with Crippen LogP contribution in [-0.4, -0.2) is 13.0 Å². The van der Waals surface area contributed by atoms with Gasteiger partial charge < -0.3 is 10.1 Å². The monoisotopic (exact) mass is 395 g/mol. The topological polar surface area (TPSA) is 38.3 Å². The summed E-state index contributed by atoms with van der Waals surface area (Å²) in [6.45, 7) is 2.06. The Labute approximate surface area is 138 Å². The van der Waals surface area contributed by atoms with Gasteiger partial charge in [-0.05, 0) is 58.8 Å².